The predicted molar refractivity (Wildman–Crippen MR) is 65.6 cm³/mol. The second kappa shape index (κ2) is 5.75. The van der Waals surface area contributed by atoms with Crippen molar-refractivity contribution >= 4 is 11.4 Å². The first-order valence-electron chi connectivity index (χ1n) is 5.71. The zero-order valence-corrected chi connectivity index (χ0v) is 10.5. The van der Waals surface area contributed by atoms with Crippen LogP contribution in [0.2, 0.25) is 0 Å². The summed E-state index contributed by atoms with van der Waals surface area (Å²) in [6.07, 6.45) is 0.782. The number of nitrogens with zero attached hydrogens (tertiary/aromatic N) is 1. The van der Waals surface area contributed by atoms with E-state index in [4.69, 9.17) is 0 Å². The zero-order chi connectivity index (χ0) is 13.9. The lowest BCUT2D eigenvalue weighted by atomic mass is 10.0. The van der Waals surface area contributed by atoms with Crippen molar-refractivity contribution in [3.05, 3.63) is 33.9 Å². The van der Waals surface area contributed by atoms with Crippen molar-refractivity contribution in [3.8, 4) is 0 Å². The van der Waals surface area contributed by atoms with Crippen LogP contribution < -0.4 is 5.32 Å². The second-order valence-electron chi connectivity index (χ2n) is 4.72. The minimum Gasteiger partial charge on any atom is -0.380 e. The van der Waals surface area contributed by atoms with Gasteiger partial charge in [0.25, 0.3) is 0 Å². The van der Waals surface area contributed by atoms with Gasteiger partial charge in [-0.2, -0.15) is 4.39 Å². The summed E-state index contributed by atoms with van der Waals surface area (Å²) in [7, 11) is 0. The normalized spacial score (nSPS) is 12.6. The molecule has 100 valence electrons. The van der Waals surface area contributed by atoms with Crippen LogP contribution in [0.1, 0.15) is 27.2 Å². The Kier molecular flexibility index (Phi) is 4.58. The molecule has 0 saturated heterocycles. The second-order valence-corrected chi connectivity index (χ2v) is 4.72. The van der Waals surface area contributed by atoms with Gasteiger partial charge < -0.3 is 5.32 Å². The molecular weight excluding hydrogens is 242 g/mol. The Balaban J connectivity index is 2.95. The SMILES string of the molecule is CC(C)CC(C)Nc1cc([N+](=O)[O-])c(F)cc1F. The third-order valence-corrected chi connectivity index (χ3v) is 2.46. The third-order valence-electron chi connectivity index (χ3n) is 2.46. The lowest BCUT2D eigenvalue weighted by Crippen LogP contribution is -2.18. The molecule has 6 heteroatoms. The molecule has 0 aromatic heterocycles. The van der Waals surface area contributed by atoms with Gasteiger partial charge in [-0.15, -0.1) is 0 Å². The first-order chi connectivity index (χ1) is 8.31. The fourth-order valence-corrected chi connectivity index (χ4v) is 1.82. The summed E-state index contributed by atoms with van der Waals surface area (Å²) < 4.78 is 26.6. The van der Waals surface area contributed by atoms with Crippen LogP contribution in [0, 0.1) is 27.7 Å². The molecule has 0 aliphatic heterocycles. The van der Waals surface area contributed by atoms with Crippen LogP contribution in [0.3, 0.4) is 0 Å². The molecule has 4 nitrogen and oxygen atoms in total. The monoisotopic (exact) mass is 258 g/mol. The van der Waals surface area contributed by atoms with Crippen molar-refractivity contribution in [2.45, 2.75) is 33.2 Å². The number of hydrogen-bond donors (Lipinski definition) is 1. The average Bonchev–Trinajstić information content (AvgIpc) is 2.20. The largest absolute Gasteiger partial charge is 0.380 e. The zero-order valence-electron chi connectivity index (χ0n) is 10.5. The van der Waals surface area contributed by atoms with Crippen LogP contribution >= 0.6 is 0 Å². The Morgan fingerprint density at radius 2 is 1.89 bits per heavy atom. The molecule has 0 amide bonds. The highest BCUT2D eigenvalue weighted by molar-refractivity contribution is 5.53. The minimum atomic E-state index is -1.17. The van der Waals surface area contributed by atoms with Crippen molar-refractivity contribution in [1.82, 2.24) is 0 Å². The highest BCUT2D eigenvalue weighted by Crippen LogP contribution is 2.26. The Morgan fingerprint density at radius 3 is 2.39 bits per heavy atom. The minimum absolute atomic E-state index is 0.0451. The lowest BCUT2D eigenvalue weighted by Gasteiger charge is -2.17. The number of halogens is 2. The van der Waals surface area contributed by atoms with E-state index in [1.54, 1.807) is 0 Å². The van der Waals surface area contributed by atoms with Gasteiger partial charge in [0.05, 0.1) is 10.6 Å². The van der Waals surface area contributed by atoms with Crippen LogP contribution in [0.4, 0.5) is 20.2 Å². The molecule has 1 atom stereocenters. The molecule has 0 radical (unpaired) electrons. The van der Waals surface area contributed by atoms with Crippen LogP contribution in [-0.2, 0) is 0 Å². The summed E-state index contributed by atoms with van der Waals surface area (Å²) in [5, 5.41) is 13.4. The van der Waals surface area contributed by atoms with Gasteiger partial charge in [-0.05, 0) is 19.3 Å². The van der Waals surface area contributed by atoms with E-state index < -0.39 is 22.2 Å². The summed E-state index contributed by atoms with van der Waals surface area (Å²) in [5.74, 6) is -1.58. The van der Waals surface area contributed by atoms with Gasteiger partial charge in [0.1, 0.15) is 5.82 Å². The van der Waals surface area contributed by atoms with E-state index >= 15 is 0 Å². The van der Waals surface area contributed by atoms with Gasteiger partial charge in [0.2, 0.25) is 5.82 Å². The fourth-order valence-electron chi connectivity index (χ4n) is 1.82. The predicted octanol–water partition coefficient (Wildman–Crippen LogP) is 3.72. The van der Waals surface area contributed by atoms with Crippen molar-refractivity contribution < 1.29 is 13.7 Å². The topological polar surface area (TPSA) is 55.2 Å². The molecule has 1 aromatic carbocycles. The molecule has 0 fully saturated rings. The summed E-state index contributed by atoms with van der Waals surface area (Å²) in [5.41, 5.74) is -0.771. The highest BCUT2D eigenvalue weighted by atomic mass is 19.1. The molecule has 0 aliphatic rings. The number of benzene rings is 1. The Labute approximate surface area is 104 Å². The Hall–Kier alpha value is -1.72. The standard InChI is InChI=1S/C12H16F2N2O2/c1-7(2)4-8(3)15-11-6-12(16(17)18)10(14)5-9(11)13/h5-8,15H,4H2,1-3H3. The number of nitro benzene ring substituents is 1. The van der Waals surface area contributed by atoms with Gasteiger partial charge >= 0.3 is 5.69 Å². The highest BCUT2D eigenvalue weighted by Gasteiger charge is 2.19. The van der Waals surface area contributed by atoms with Gasteiger partial charge in [0, 0.05) is 18.2 Å². The van der Waals surface area contributed by atoms with Crippen LogP contribution in [0.15, 0.2) is 12.1 Å². The molecule has 18 heavy (non-hydrogen) atoms. The number of rotatable bonds is 5. The number of nitro groups is 1. The maximum Gasteiger partial charge on any atom is 0.307 e. The van der Waals surface area contributed by atoms with E-state index in [2.05, 4.69) is 5.32 Å². The van der Waals surface area contributed by atoms with E-state index in [0.717, 1.165) is 12.5 Å². The quantitative estimate of drug-likeness (QED) is 0.646. The lowest BCUT2D eigenvalue weighted by molar-refractivity contribution is -0.387. The fraction of sp³-hybridized carbons (Fsp3) is 0.500. The first kappa shape index (κ1) is 14.3. The summed E-state index contributed by atoms with van der Waals surface area (Å²) in [4.78, 5) is 9.70. The average molecular weight is 258 g/mol. The molecule has 0 spiro atoms. The van der Waals surface area contributed by atoms with Gasteiger partial charge in [-0.1, -0.05) is 13.8 Å². The van der Waals surface area contributed by atoms with E-state index in [1.807, 2.05) is 20.8 Å². The number of hydrogen-bond acceptors (Lipinski definition) is 3. The van der Waals surface area contributed by atoms with Crippen molar-refractivity contribution in [2.75, 3.05) is 5.32 Å². The molecule has 0 aliphatic carbocycles. The summed E-state index contributed by atoms with van der Waals surface area (Å²) >= 11 is 0. The van der Waals surface area contributed by atoms with Gasteiger partial charge in [-0.25, -0.2) is 4.39 Å². The van der Waals surface area contributed by atoms with Gasteiger partial charge in [0.15, 0.2) is 0 Å². The van der Waals surface area contributed by atoms with Crippen LogP contribution in [0.5, 0.6) is 0 Å². The number of anilines is 1. The van der Waals surface area contributed by atoms with Crippen LogP contribution in [-0.4, -0.2) is 11.0 Å². The van der Waals surface area contributed by atoms with E-state index in [-0.39, 0.29) is 11.7 Å². The first-order valence-corrected chi connectivity index (χ1v) is 5.71. The molecule has 1 rings (SSSR count). The van der Waals surface area contributed by atoms with Crippen molar-refractivity contribution in [1.29, 1.82) is 0 Å². The van der Waals surface area contributed by atoms with E-state index in [1.165, 1.54) is 0 Å². The van der Waals surface area contributed by atoms with Crippen molar-refractivity contribution in [3.63, 3.8) is 0 Å². The van der Waals surface area contributed by atoms with E-state index in [0.29, 0.717) is 12.0 Å². The molecule has 1 aromatic rings. The molecule has 0 saturated carbocycles. The molecular formula is C12H16F2N2O2. The molecule has 1 N–H and O–H groups in total. The Bertz CT molecular complexity index is 450. The maximum atomic E-state index is 13.5. The smallest absolute Gasteiger partial charge is 0.307 e. The Morgan fingerprint density at radius 1 is 1.28 bits per heavy atom. The maximum absolute atomic E-state index is 13.5. The van der Waals surface area contributed by atoms with E-state index in [9.17, 15) is 18.9 Å². The van der Waals surface area contributed by atoms with Gasteiger partial charge in [-0.3, -0.25) is 10.1 Å². The summed E-state index contributed by atoms with van der Waals surface area (Å²) in [6, 6.07) is 1.37. The molecule has 0 bridgehead atoms. The summed E-state index contributed by atoms with van der Waals surface area (Å²) in [6.45, 7) is 5.87. The molecule has 0 heterocycles. The number of nitrogens with one attached hydrogen (secondary N) is 1. The third kappa shape index (κ3) is 3.65. The van der Waals surface area contributed by atoms with Crippen molar-refractivity contribution in [2.24, 2.45) is 5.92 Å². The van der Waals surface area contributed by atoms with Crippen LogP contribution in [0.25, 0.3) is 0 Å². The molecule has 1 unspecified atom stereocenters.